The SMILES string of the molecule is CC1CNCc2ccc(N3CCN(C(=O)O)CC3)nc2O1. The van der Waals surface area contributed by atoms with E-state index < -0.39 is 6.09 Å². The number of carboxylic acid groups (broad SMARTS) is 1. The van der Waals surface area contributed by atoms with Gasteiger partial charge in [0.2, 0.25) is 5.88 Å². The summed E-state index contributed by atoms with van der Waals surface area (Å²) in [7, 11) is 0. The summed E-state index contributed by atoms with van der Waals surface area (Å²) in [6.45, 7) is 5.92. The summed E-state index contributed by atoms with van der Waals surface area (Å²) in [5, 5.41) is 12.3. The third kappa shape index (κ3) is 3.02. The van der Waals surface area contributed by atoms with Gasteiger partial charge in [-0.05, 0) is 19.1 Å². The Morgan fingerprint density at radius 3 is 2.86 bits per heavy atom. The second-order valence-corrected chi connectivity index (χ2v) is 5.45. The van der Waals surface area contributed by atoms with Crippen LogP contribution in [0.25, 0.3) is 0 Å². The number of rotatable bonds is 1. The lowest BCUT2D eigenvalue weighted by atomic mass is 10.2. The first-order valence-corrected chi connectivity index (χ1v) is 7.23. The number of carbonyl (C=O) groups is 1. The quantitative estimate of drug-likeness (QED) is 0.795. The minimum atomic E-state index is -0.854. The molecule has 3 rings (SSSR count). The van der Waals surface area contributed by atoms with Crippen molar-refractivity contribution in [3.05, 3.63) is 17.7 Å². The van der Waals surface area contributed by atoms with Crippen LogP contribution in [0.3, 0.4) is 0 Å². The minimum Gasteiger partial charge on any atom is -0.473 e. The largest absolute Gasteiger partial charge is 0.473 e. The number of nitrogens with one attached hydrogen (secondary N) is 1. The molecule has 2 N–H and O–H groups in total. The van der Waals surface area contributed by atoms with E-state index in [-0.39, 0.29) is 6.10 Å². The molecule has 1 atom stereocenters. The van der Waals surface area contributed by atoms with Crippen molar-refractivity contribution in [2.75, 3.05) is 37.6 Å². The molecule has 2 aliphatic heterocycles. The molecule has 0 radical (unpaired) electrons. The van der Waals surface area contributed by atoms with E-state index in [0.29, 0.717) is 32.1 Å². The zero-order chi connectivity index (χ0) is 14.8. The van der Waals surface area contributed by atoms with Crippen molar-refractivity contribution in [1.82, 2.24) is 15.2 Å². The maximum absolute atomic E-state index is 10.9. The minimum absolute atomic E-state index is 0.0952. The second kappa shape index (κ2) is 5.77. The normalized spacial score (nSPS) is 22.2. The van der Waals surface area contributed by atoms with Crippen LogP contribution in [0, 0.1) is 0 Å². The van der Waals surface area contributed by atoms with E-state index in [2.05, 4.69) is 15.2 Å². The number of anilines is 1. The highest BCUT2D eigenvalue weighted by Gasteiger charge is 2.23. The Labute approximate surface area is 123 Å². The van der Waals surface area contributed by atoms with E-state index in [0.717, 1.165) is 24.5 Å². The fourth-order valence-corrected chi connectivity index (χ4v) is 2.64. The van der Waals surface area contributed by atoms with Crippen LogP contribution in [0.15, 0.2) is 12.1 Å². The number of fused-ring (bicyclic) bond motifs is 1. The van der Waals surface area contributed by atoms with Gasteiger partial charge in [-0.1, -0.05) is 0 Å². The first-order valence-electron chi connectivity index (χ1n) is 7.23. The van der Waals surface area contributed by atoms with Crippen LogP contribution in [0.2, 0.25) is 0 Å². The number of ether oxygens (including phenoxy) is 1. The number of hydrogen-bond donors (Lipinski definition) is 2. The van der Waals surface area contributed by atoms with Gasteiger partial charge in [0.05, 0.1) is 0 Å². The molecule has 0 aliphatic carbocycles. The standard InChI is InChI=1S/C14H20N4O3/c1-10-8-15-9-11-2-3-12(16-13(11)21-10)17-4-6-18(7-5-17)14(19)20/h2-3,10,15H,4-9H2,1H3,(H,19,20). The average molecular weight is 292 g/mol. The van der Waals surface area contributed by atoms with Crippen LogP contribution in [0.1, 0.15) is 12.5 Å². The van der Waals surface area contributed by atoms with Crippen LogP contribution in [0.4, 0.5) is 10.6 Å². The van der Waals surface area contributed by atoms with Gasteiger partial charge < -0.3 is 25.0 Å². The lowest BCUT2D eigenvalue weighted by Crippen LogP contribution is -2.48. The monoisotopic (exact) mass is 292 g/mol. The highest BCUT2D eigenvalue weighted by atomic mass is 16.5. The molecule has 0 aromatic carbocycles. The van der Waals surface area contributed by atoms with Crippen molar-refractivity contribution < 1.29 is 14.6 Å². The number of hydrogen-bond acceptors (Lipinski definition) is 5. The van der Waals surface area contributed by atoms with Gasteiger partial charge in [-0.3, -0.25) is 0 Å². The zero-order valence-corrected chi connectivity index (χ0v) is 12.1. The molecule has 1 aromatic heterocycles. The Morgan fingerprint density at radius 1 is 1.38 bits per heavy atom. The van der Waals surface area contributed by atoms with Crippen LogP contribution < -0.4 is 15.0 Å². The highest BCUT2D eigenvalue weighted by molar-refractivity contribution is 5.65. The fraction of sp³-hybridized carbons (Fsp3) is 0.571. The summed E-state index contributed by atoms with van der Waals surface area (Å²) in [4.78, 5) is 19.1. The van der Waals surface area contributed by atoms with E-state index in [9.17, 15) is 4.79 Å². The Hall–Kier alpha value is -2.02. The third-order valence-electron chi connectivity index (χ3n) is 3.86. The lowest BCUT2D eigenvalue weighted by molar-refractivity contribution is 0.142. The Balaban J connectivity index is 1.74. The smallest absolute Gasteiger partial charge is 0.407 e. The summed E-state index contributed by atoms with van der Waals surface area (Å²) < 4.78 is 5.84. The molecule has 0 bridgehead atoms. The third-order valence-corrected chi connectivity index (χ3v) is 3.86. The van der Waals surface area contributed by atoms with E-state index in [1.165, 1.54) is 4.90 Å². The Bertz CT molecular complexity index is 529. The van der Waals surface area contributed by atoms with E-state index in [1.807, 2.05) is 19.1 Å². The summed E-state index contributed by atoms with van der Waals surface area (Å²) in [6.07, 6.45) is -0.759. The number of amides is 1. The first-order chi connectivity index (χ1) is 10.1. The van der Waals surface area contributed by atoms with E-state index >= 15 is 0 Å². The van der Waals surface area contributed by atoms with Crippen molar-refractivity contribution in [3.8, 4) is 5.88 Å². The molecule has 1 amide bonds. The molecule has 2 aliphatic rings. The van der Waals surface area contributed by atoms with Crippen molar-refractivity contribution in [1.29, 1.82) is 0 Å². The molecular weight excluding hydrogens is 272 g/mol. The van der Waals surface area contributed by atoms with Gasteiger partial charge in [0.25, 0.3) is 0 Å². The summed E-state index contributed by atoms with van der Waals surface area (Å²) in [5.74, 6) is 1.54. The average Bonchev–Trinajstić information content (AvgIpc) is 2.67. The summed E-state index contributed by atoms with van der Waals surface area (Å²) >= 11 is 0. The van der Waals surface area contributed by atoms with Gasteiger partial charge in [0, 0.05) is 44.8 Å². The number of pyridine rings is 1. The lowest BCUT2D eigenvalue weighted by Gasteiger charge is -2.34. The Kier molecular flexibility index (Phi) is 3.83. The molecule has 7 nitrogen and oxygen atoms in total. The van der Waals surface area contributed by atoms with Gasteiger partial charge in [-0.15, -0.1) is 0 Å². The second-order valence-electron chi connectivity index (χ2n) is 5.45. The number of nitrogens with zero attached hydrogens (tertiary/aromatic N) is 3. The van der Waals surface area contributed by atoms with Gasteiger partial charge in [-0.2, -0.15) is 4.98 Å². The van der Waals surface area contributed by atoms with Crippen LogP contribution in [-0.4, -0.2) is 59.9 Å². The molecular formula is C14H20N4O3. The van der Waals surface area contributed by atoms with Gasteiger partial charge in [0.1, 0.15) is 11.9 Å². The Morgan fingerprint density at radius 2 is 2.14 bits per heavy atom. The van der Waals surface area contributed by atoms with Gasteiger partial charge in [-0.25, -0.2) is 4.79 Å². The van der Waals surface area contributed by atoms with Crippen LogP contribution in [-0.2, 0) is 6.54 Å². The molecule has 1 unspecified atom stereocenters. The molecule has 3 heterocycles. The van der Waals surface area contributed by atoms with Crippen molar-refractivity contribution in [3.63, 3.8) is 0 Å². The maximum atomic E-state index is 10.9. The van der Waals surface area contributed by atoms with Gasteiger partial charge in [0.15, 0.2) is 0 Å². The molecule has 7 heteroatoms. The number of aromatic nitrogens is 1. The van der Waals surface area contributed by atoms with Crippen molar-refractivity contribution in [2.24, 2.45) is 0 Å². The van der Waals surface area contributed by atoms with Crippen molar-refractivity contribution in [2.45, 2.75) is 19.6 Å². The molecule has 114 valence electrons. The highest BCUT2D eigenvalue weighted by Crippen LogP contribution is 2.24. The molecule has 21 heavy (non-hydrogen) atoms. The van der Waals surface area contributed by atoms with E-state index in [4.69, 9.17) is 9.84 Å². The van der Waals surface area contributed by atoms with Gasteiger partial charge >= 0.3 is 6.09 Å². The molecule has 0 saturated carbocycles. The first kappa shape index (κ1) is 13.9. The molecule has 1 aromatic rings. The van der Waals surface area contributed by atoms with Crippen molar-refractivity contribution >= 4 is 11.9 Å². The topological polar surface area (TPSA) is 77.9 Å². The maximum Gasteiger partial charge on any atom is 0.407 e. The molecule has 1 fully saturated rings. The summed E-state index contributed by atoms with van der Waals surface area (Å²) in [6, 6.07) is 4.02. The zero-order valence-electron chi connectivity index (χ0n) is 12.1. The summed E-state index contributed by atoms with van der Waals surface area (Å²) in [5.41, 5.74) is 1.06. The molecule has 0 spiro atoms. The predicted octanol–water partition coefficient (Wildman–Crippen LogP) is 0.752. The number of piperazine rings is 1. The van der Waals surface area contributed by atoms with E-state index in [1.54, 1.807) is 0 Å². The molecule has 1 saturated heterocycles. The predicted molar refractivity (Wildman–Crippen MR) is 77.8 cm³/mol. The van der Waals surface area contributed by atoms with Crippen LogP contribution in [0.5, 0.6) is 5.88 Å². The van der Waals surface area contributed by atoms with Crippen LogP contribution >= 0.6 is 0 Å². The fourth-order valence-electron chi connectivity index (χ4n) is 2.64.